The predicted molar refractivity (Wildman–Crippen MR) is 135 cm³/mol. The van der Waals surface area contributed by atoms with Crippen LogP contribution in [0.15, 0.2) is 103 Å². The van der Waals surface area contributed by atoms with Crippen LogP contribution in [0.1, 0.15) is 59.6 Å². The summed E-state index contributed by atoms with van der Waals surface area (Å²) in [4.78, 5) is 16.0. The Hall–Kier alpha value is -3.59. The molecule has 0 unspecified atom stereocenters. The molecule has 0 saturated heterocycles. The number of aryl methyl sites for hydroxylation is 1. The van der Waals surface area contributed by atoms with Gasteiger partial charge in [-0.3, -0.25) is 4.79 Å². The molecule has 1 aromatic heterocycles. The van der Waals surface area contributed by atoms with E-state index in [1.165, 1.54) is 5.56 Å². The van der Waals surface area contributed by atoms with Gasteiger partial charge in [0, 0.05) is 24.5 Å². The Labute approximate surface area is 197 Å². The van der Waals surface area contributed by atoms with Gasteiger partial charge in [0.1, 0.15) is 0 Å². The summed E-state index contributed by atoms with van der Waals surface area (Å²) in [6.45, 7) is 7.07. The summed E-state index contributed by atoms with van der Waals surface area (Å²) in [5, 5.41) is 0. The first-order valence-corrected chi connectivity index (χ1v) is 11.5. The number of hydrogen-bond donors (Lipinski definition) is 0. The molecule has 0 aliphatic heterocycles. The zero-order valence-electron chi connectivity index (χ0n) is 19.9. The molecule has 3 heteroatoms. The van der Waals surface area contributed by atoms with Crippen molar-refractivity contribution in [1.82, 2.24) is 9.47 Å². The van der Waals surface area contributed by atoms with Crippen molar-refractivity contribution in [3.05, 3.63) is 131 Å². The van der Waals surface area contributed by atoms with E-state index >= 15 is 0 Å². The molecule has 4 aromatic rings. The third-order valence-electron chi connectivity index (χ3n) is 6.18. The first kappa shape index (κ1) is 22.6. The molecule has 3 aromatic carbocycles. The largest absolute Gasteiger partial charge is 0.353 e. The van der Waals surface area contributed by atoms with E-state index in [1.807, 2.05) is 72.7 Å². The maximum absolute atomic E-state index is 14.0. The third kappa shape index (κ3) is 5.09. The second-order valence-corrected chi connectivity index (χ2v) is 9.59. The molecule has 0 saturated carbocycles. The van der Waals surface area contributed by atoms with Gasteiger partial charge in [0.2, 0.25) is 0 Å². The summed E-state index contributed by atoms with van der Waals surface area (Å²) in [6, 6.07) is 32.6. The van der Waals surface area contributed by atoms with E-state index < -0.39 is 0 Å². The Morgan fingerprint density at radius 3 is 1.79 bits per heavy atom. The lowest BCUT2D eigenvalue weighted by molar-refractivity contribution is 0.0686. The molecule has 168 valence electrons. The summed E-state index contributed by atoms with van der Waals surface area (Å²) < 4.78 is 2.08. The normalized spacial score (nSPS) is 11.5. The van der Waals surface area contributed by atoms with Crippen molar-refractivity contribution >= 4 is 5.91 Å². The van der Waals surface area contributed by atoms with Crippen LogP contribution >= 0.6 is 0 Å². The van der Waals surface area contributed by atoms with Gasteiger partial charge < -0.3 is 9.47 Å². The number of benzene rings is 3. The molecule has 0 N–H and O–H groups in total. The average molecular weight is 437 g/mol. The van der Waals surface area contributed by atoms with Crippen LogP contribution < -0.4 is 0 Å². The van der Waals surface area contributed by atoms with Crippen LogP contribution in [0, 0.1) is 0 Å². The predicted octanol–water partition coefficient (Wildman–Crippen LogP) is 6.75. The number of amides is 1. The Bertz CT molecular complexity index is 1150. The fourth-order valence-electron chi connectivity index (χ4n) is 4.22. The highest BCUT2D eigenvalue weighted by molar-refractivity contribution is 5.94. The lowest BCUT2D eigenvalue weighted by Gasteiger charge is -2.33. The van der Waals surface area contributed by atoms with Gasteiger partial charge in [0.05, 0.1) is 12.6 Å². The number of rotatable bonds is 6. The molecule has 1 amide bonds. The van der Waals surface area contributed by atoms with Crippen LogP contribution in [0.5, 0.6) is 0 Å². The molecular weight excluding hydrogens is 404 g/mol. The molecule has 0 aliphatic rings. The standard InChI is InChI=1S/C30H32N2O/c1-30(2,3)26-19-17-25(18-20-26)29(33)32(22-27-16-11-21-31(27)4)28(23-12-7-5-8-13-23)24-14-9-6-10-15-24/h5-21,28H,22H2,1-4H3. The van der Waals surface area contributed by atoms with E-state index in [2.05, 4.69) is 67.8 Å². The van der Waals surface area contributed by atoms with Crippen LogP contribution in [0.4, 0.5) is 0 Å². The van der Waals surface area contributed by atoms with Crippen molar-refractivity contribution in [2.24, 2.45) is 7.05 Å². The van der Waals surface area contributed by atoms with E-state index in [1.54, 1.807) is 0 Å². The zero-order chi connectivity index (χ0) is 23.4. The smallest absolute Gasteiger partial charge is 0.254 e. The monoisotopic (exact) mass is 436 g/mol. The first-order chi connectivity index (χ1) is 15.8. The van der Waals surface area contributed by atoms with Crippen molar-refractivity contribution in [3.63, 3.8) is 0 Å². The van der Waals surface area contributed by atoms with E-state index in [0.29, 0.717) is 12.1 Å². The maximum atomic E-state index is 14.0. The summed E-state index contributed by atoms with van der Waals surface area (Å²) in [6.07, 6.45) is 2.02. The van der Waals surface area contributed by atoms with Gasteiger partial charge in [-0.25, -0.2) is 0 Å². The molecule has 0 spiro atoms. The van der Waals surface area contributed by atoms with Crippen molar-refractivity contribution < 1.29 is 4.79 Å². The molecule has 4 rings (SSSR count). The first-order valence-electron chi connectivity index (χ1n) is 11.5. The molecular formula is C30H32N2O. The number of hydrogen-bond acceptors (Lipinski definition) is 1. The van der Waals surface area contributed by atoms with Crippen LogP contribution in [0.25, 0.3) is 0 Å². The number of nitrogens with zero attached hydrogens (tertiary/aromatic N) is 2. The lowest BCUT2D eigenvalue weighted by atomic mass is 9.86. The fourth-order valence-corrected chi connectivity index (χ4v) is 4.22. The van der Waals surface area contributed by atoms with Crippen LogP contribution in [0.2, 0.25) is 0 Å². The average Bonchev–Trinajstić information content (AvgIpc) is 3.23. The van der Waals surface area contributed by atoms with E-state index in [-0.39, 0.29) is 17.4 Å². The molecule has 0 bridgehead atoms. The van der Waals surface area contributed by atoms with Crippen molar-refractivity contribution in [1.29, 1.82) is 0 Å². The molecule has 33 heavy (non-hydrogen) atoms. The van der Waals surface area contributed by atoms with Crippen molar-refractivity contribution in [2.45, 2.75) is 38.8 Å². The fraction of sp³-hybridized carbons (Fsp3) is 0.233. The third-order valence-corrected chi connectivity index (χ3v) is 6.18. The van der Waals surface area contributed by atoms with Crippen LogP contribution in [-0.4, -0.2) is 15.4 Å². The van der Waals surface area contributed by atoms with Gasteiger partial charge in [-0.2, -0.15) is 0 Å². The Balaban J connectivity index is 1.81. The van der Waals surface area contributed by atoms with Crippen molar-refractivity contribution in [3.8, 4) is 0 Å². The minimum atomic E-state index is -0.197. The summed E-state index contributed by atoms with van der Waals surface area (Å²) in [5.41, 5.74) is 5.24. The molecule has 0 aliphatic carbocycles. The second-order valence-electron chi connectivity index (χ2n) is 9.59. The second kappa shape index (κ2) is 9.50. The molecule has 3 nitrogen and oxygen atoms in total. The van der Waals surface area contributed by atoms with Crippen LogP contribution in [0.3, 0.4) is 0 Å². The lowest BCUT2D eigenvalue weighted by Crippen LogP contribution is -2.35. The Kier molecular flexibility index (Phi) is 6.50. The Morgan fingerprint density at radius 2 is 1.33 bits per heavy atom. The summed E-state index contributed by atoms with van der Waals surface area (Å²) in [7, 11) is 2.02. The molecule has 0 radical (unpaired) electrons. The van der Waals surface area contributed by atoms with E-state index in [0.717, 1.165) is 16.8 Å². The van der Waals surface area contributed by atoms with E-state index in [4.69, 9.17) is 0 Å². The molecule has 0 fully saturated rings. The van der Waals surface area contributed by atoms with E-state index in [9.17, 15) is 4.79 Å². The minimum Gasteiger partial charge on any atom is -0.353 e. The van der Waals surface area contributed by atoms with Gasteiger partial charge >= 0.3 is 0 Å². The quantitative estimate of drug-likeness (QED) is 0.328. The van der Waals surface area contributed by atoms with Gasteiger partial charge in [-0.1, -0.05) is 93.6 Å². The molecule has 1 heterocycles. The minimum absolute atomic E-state index is 0.0226. The maximum Gasteiger partial charge on any atom is 0.254 e. The highest BCUT2D eigenvalue weighted by Crippen LogP contribution is 2.32. The van der Waals surface area contributed by atoms with Crippen molar-refractivity contribution in [2.75, 3.05) is 0 Å². The number of carbonyl (C=O) groups is 1. The highest BCUT2D eigenvalue weighted by Gasteiger charge is 2.28. The van der Waals surface area contributed by atoms with Gasteiger partial charge in [0.25, 0.3) is 5.91 Å². The zero-order valence-corrected chi connectivity index (χ0v) is 19.9. The Morgan fingerprint density at radius 1 is 0.788 bits per heavy atom. The summed E-state index contributed by atoms with van der Waals surface area (Å²) >= 11 is 0. The molecule has 0 atom stereocenters. The van der Waals surface area contributed by atoms with Gasteiger partial charge in [-0.05, 0) is 46.4 Å². The van der Waals surface area contributed by atoms with Crippen LogP contribution in [-0.2, 0) is 19.0 Å². The number of carbonyl (C=O) groups excluding carboxylic acids is 1. The SMILES string of the molecule is Cn1cccc1CN(C(=O)c1ccc(C(C)(C)C)cc1)C(c1ccccc1)c1ccccc1. The van der Waals surface area contributed by atoms with Gasteiger partial charge in [-0.15, -0.1) is 0 Å². The van der Waals surface area contributed by atoms with Gasteiger partial charge in [0.15, 0.2) is 0 Å². The number of aromatic nitrogens is 1. The topological polar surface area (TPSA) is 25.2 Å². The highest BCUT2D eigenvalue weighted by atomic mass is 16.2. The summed E-state index contributed by atoms with van der Waals surface area (Å²) in [5.74, 6) is 0.0226.